The second-order valence-electron chi connectivity index (χ2n) is 3.05. The first-order valence-corrected chi connectivity index (χ1v) is 5.30. The van der Waals surface area contributed by atoms with Gasteiger partial charge in [-0.25, -0.2) is 4.79 Å². The summed E-state index contributed by atoms with van der Waals surface area (Å²) >= 11 is 0.907. The summed E-state index contributed by atoms with van der Waals surface area (Å²) < 4.78 is 0. The molecule has 0 aromatic carbocycles. The van der Waals surface area contributed by atoms with Crippen LogP contribution in [0.3, 0.4) is 0 Å². The molecule has 0 heterocycles. The van der Waals surface area contributed by atoms with Crippen molar-refractivity contribution in [1.29, 1.82) is 0 Å². The lowest BCUT2D eigenvalue weighted by atomic mass is 10.2. The summed E-state index contributed by atoms with van der Waals surface area (Å²) in [5.41, 5.74) is 0. The van der Waals surface area contributed by atoms with Crippen LogP contribution in [0, 0.1) is 17.8 Å². The molecule has 2 N–H and O–H groups in total. The van der Waals surface area contributed by atoms with Crippen LogP contribution in [-0.2, 0) is 9.59 Å². The SMILES string of the molecule is C=C(C#CC(C)C)S/C(=C/NC=O)C(=O)O. The van der Waals surface area contributed by atoms with E-state index < -0.39 is 5.97 Å². The average Bonchev–Trinajstić information content (AvgIpc) is 2.20. The van der Waals surface area contributed by atoms with Gasteiger partial charge in [0.15, 0.2) is 0 Å². The van der Waals surface area contributed by atoms with Crippen LogP contribution in [0.5, 0.6) is 0 Å². The van der Waals surface area contributed by atoms with Crippen molar-refractivity contribution in [3.05, 3.63) is 22.6 Å². The summed E-state index contributed by atoms with van der Waals surface area (Å²) in [5, 5.41) is 11.0. The van der Waals surface area contributed by atoms with Crippen LogP contribution < -0.4 is 5.32 Å². The molecule has 16 heavy (non-hydrogen) atoms. The second-order valence-corrected chi connectivity index (χ2v) is 4.18. The fourth-order valence-corrected chi connectivity index (χ4v) is 1.22. The molecule has 86 valence electrons. The zero-order valence-corrected chi connectivity index (χ0v) is 9.93. The summed E-state index contributed by atoms with van der Waals surface area (Å²) in [6.45, 7) is 7.47. The number of carboxylic acid groups (broad SMARTS) is 1. The summed E-state index contributed by atoms with van der Waals surface area (Å²) in [7, 11) is 0. The third kappa shape index (κ3) is 6.74. The highest BCUT2D eigenvalue weighted by atomic mass is 32.2. The quantitative estimate of drug-likeness (QED) is 0.434. The van der Waals surface area contributed by atoms with E-state index >= 15 is 0 Å². The molecular formula is C11H13NO3S. The van der Waals surface area contributed by atoms with Gasteiger partial charge in [0.05, 0.1) is 4.91 Å². The number of amides is 1. The summed E-state index contributed by atoms with van der Waals surface area (Å²) in [6.07, 6.45) is 1.49. The van der Waals surface area contributed by atoms with Crippen LogP contribution in [0.2, 0.25) is 0 Å². The van der Waals surface area contributed by atoms with Gasteiger partial charge in [-0.05, 0) is 0 Å². The molecule has 0 aromatic rings. The maximum absolute atomic E-state index is 10.7. The molecule has 0 rings (SSSR count). The highest BCUT2D eigenvalue weighted by molar-refractivity contribution is 8.07. The first kappa shape index (κ1) is 14.3. The zero-order valence-electron chi connectivity index (χ0n) is 9.11. The van der Waals surface area contributed by atoms with E-state index in [1.165, 1.54) is 0 Å². The Balaban J connectivity index is 4.55. The Labute approximate surface area is 98.8 Å². The molecule has 0 aliphatic rings. The lowest BCUT2D eigenvalue weighted by molar-refractivity contribution is -0.131. The van der Waals surface area contributed by atoms with Crippen LogP contribution >= 0.6 is 11.8 Å². The van der Waals surface area contributed by atoms with E-state index in [1.807, 2.05) is 13.8 Å². The summed E-state index contributed by atoms with van der Waals surface area (Å²) in [4.78, 5) is 21.2. The van der Waals surface area contributed by atoms with Crippen LogP contribution in [0.25, 0.3) is 0 Å². The van der Waals surface area contributed by atoms with Gasteiger partial charge in [0.25, 0.3) is 0 Å². The van der Waals surface area contributed by atoms with E-state index in [4.69, 9.17) is 5.11 Å². The van der Waals surface area contributed by atoms with Gasteiger partial charge in [-0.2, -0.15) is 0 Å². The summed E-state index contributed by atoms with van der Waals surface area (Å²) in [6, 6.07) is 0. The van der Waals surface area contributed by atoms with Crippen molar-refractivity contribution in [2.24, 2.45) is 5.92 Å². The standard InChI is InChI=1S/C11H13NO3S/c1-8(2)4-5-9(3)16-10(11(14)15)6-12-7-13/h6-8H,3H2,1-2H3,(H,12,13)(H,14,15)/b10-6+. The Morgan fingerprint density at radius 1 is 1.56 bits per heavy atom. The predicted octanol–water partition coefficient (Wildman–Crippen LogP) is 1.56. The molecule has 0 saturated carbocycles. The number of hydrogen-bond donors (Lipinski definition) is 2. The third-order valence-electron chi connectivity index (χ3n) is 1.23. The largest absolute Gasteiger partial charge is 0.477 e. The van der Waals surface area contributed by atoms with E-state index in [9.17, 15) is 9.59 Å². The van der Waals surface area contributed by atoms with Gasteiger partial charge in [-0.15, -0.1) is 0 Å². The number of carboxylic acids is 1. The number of nitrogens with one attached hydrogen (secondary N) is 1. The molecule has 0 aliphatic carbocycles. The Kier molecular flexibility index (Phi) is 6.81. The monoisotopic (exact) mass is 239 g/mol. The molecular weight excluding hydrogens is 226 g/mol. The fourth-order valence-electron chi connectivity index (χ4n) is 0.628. The molecule has 4 nitrogen and oxygen atoms in total. The molecule has 0 radical (unpaired) electrons. The maximum atomic E-state index is 10.7. The normalized spacial score (nSPS) is 10.3. The topological polar surface area (TPSA) is 66.4 Å². The molecule has 1 amide bonds. The molecule has 0 aromatic heterocycles. The zero-order chi connectivity index (χ0) is 12.6. The van der Waals surface area contributed by atoms with Crippen LogP contribution in [0.15, 0.2) is 22.6 Å². The Morgan fingerprint density at radius 3 is 2.62 bits per heavy atom. The molecule has 0 spiro atoms. The van der Waals surface area contributed by atoms with Crippen molar-refractivity contribution in [1.82, 2.24) is 5.32 Å². The van der Waals surface area contributed by atoms with Gasteiger partial charge in [0, 0.05) is 12.1 Å². The molecule has 5 heteroatoms. The van der Waals surface area contributed by atoms with Gasteiger partial charge in [-0.1, -0.05) is 44.0 Å². The van der Waals surface area contributed by atoms with Crippen LogP contribution in [-0.4, -0.2) is 17.5 Å². The van der Waals surface area contributed by atoms with E-state index in [2.05, 4.69) is 23.7 Å². The van der Waals surface area contributed by atoms with Gasteiger partial charge < -0.3 is 10.4 Å². The number of allylic oxidation sites excluding steroid dienone is 1. The first-order chi connectivity index (χ1) is 7.47. The lowest BCUT2D eigenvalue weighted by Crippen LogP contribution is -2.06. The predicted molar refractivity (Wildman–Crippen MR) is 64.3 cm³/mol. The van der Waals surface area contributed by atoms with Crippen molar-refractivity contribution in [3.63, 3.8) is 0 Å². The lowest BCUT2D eigenvalue weighted by Gasteiger charge is -1.99. The molecule has 0 unspecified atom stereocenters. The number of carbonyl (C=O) groups is 2. The van der Waals surface area contributed by atoms with Gasteiger partial charge >= 0.3 is 5.97 Å². The Morgan fingerprint density at radius 2 is 2.19 bits per heavy atom. The Bertz CT molecular complexity index is 374. The van der Waals surface area contributed by atoms with E-state index in [0.29, 0.717) is 11.3 Å². The van der Waals surface area contributed by atoms with Crippen molar-refractivity contribution < 1.29 is 14.7 Å². The highest BCUT2D eigenvalue weighted by Crippen LogP contribution is 2.22. The van der Waals surface area contributed by atoms with Crippen molar-refractivity contribution in [3.8, 4) is 11.8 Å². The molecule has 0 atom stereocenters. The smallest absolute Gasteiger partial charge is 0.344 e. The van der Waals surface area contributed by atoms with E-state index in [0.717, 1.165) is 18.0 Å². The fraction of sp³-hybridized carbons (Fsp3) is 0.273. The molecule has 0 fully saturated rings. The number of aliphatic carboxylic acids is 1. The van der Waals surface area contributed by atoms with Crippen molar-refractivity contribution >= 4 is 24.1 Å². The number of hydrogen-bond acceptors (Lipinski definition) is 3. The van der Waals surface area contributed by atoms with Crippen molar-refractivity contribution in [2.45, 2.75) is 13.8 Å². The van der Waals surface area contributed by atoms with Gasteiger partial charge in [-0.3, -0.25) is 4.79 Å². The third-order valence-corrected chi connectivity index (χ3v) is 2.09. The van der Waals surface area contributed by atoms with E-state index in [1.54, 1.807) is 0 Å². The minimum absolute atomic E-state index is 0.0323. The minimum atomic E-state index is -1.13. The summed E-state index contributed by atoms with van der Waals surface area (Å²) in [5.74, 6) is 4.67. The second kappa shape index (κ2) is 7.60. The van der Waals surface area contributed by atoms with Crippen molar-refractivity contribution in [2.75, 3.05) is 0 Å². The van der Waals surface area contributed by atoms with Crippen LogP contribution in [0.1, 0.15) is 13.8 Å². The molecule has 0 saturated heterocycles. The highest BCUT2D eigenvalue weighted by Gasteiger charge is 2.08. The van der Waals surface area contributed by atoms with E-state index in [-0.39, 0.29) is 10.8 Å². The van der Waals surface area contributed by atoms with Gasteiger partial charge in [0.1, 0.15) is 4.91 Å². The first-order valence-electron chi connectivity index (χ1n) is 4.48. The molecule has 0 bridgehead atoms. The Hall–Kier alpha value is -1.67. The number of thioether (sulfide) groups is 1. The van der Waals surface area contributed by atoms with Crippen LogP contribution in [0.4, 0.5) is 0 Å². The average molecular weight is 239 g/mol. The number of rotatable bonds is 5. The maximum Gasteiger partial charge on any atom is 0.344 e. The molecule has 0 aliphatic heterocycles. The van der Waals surface area contributed by atoms with Gasteiger partial charge in [0.2, 0.25) is 6.41 Å². The number of carbonyl (C=O) groups excluding carboxylic acids is 1. The minimum Gasteiger partial charge on any atom is -0.477 e.